The van der Waals surface area contributed by atoms with E-state index in [1.54, 1.807) is 18.2 Å². The Hall–Kier alpha value is -3.61. The van der Waals surface area contributed by atoms with Crippen LogP contribution in [0.25, 0.3) is 28.2 Å². The van der Waals surface area contributed by atoms with Crippen LogP contribution in [0.5, 0.6) is 0 Å². The molecule has 0 bridgehead atoms. The van der Waals surface area contributed by atoms with Crippen molar-refractivity contribution < 1.29 is 9.21 Å². The first-order valence-electron chi connectivity index (χ1n) is 7.24. The van der Waals surface area contributed by atoms with Crippen molar-refractivity contribution in [2.45, 2.75) is 0 Å². The minimum Gasteiger partial charge on any atom is -0.437 e. The van der Waals surface area contributed by atoms with Gasteiger partial charge in [-0.15, -0.1) is 0 Å². The highest BCUT2D eigenvalue weighted by molar-refractivity contribution is 6.02. The standard InChI is InChI=1S/C17H12N4O3/c22-15(7-8-16-19-12-3-1-2-4-14(12)24-16)18-10-5-6-11-13(9-10)21-17(23)20-11/h1-9H,(H,18,22)(H2,20,21,23)/b8-7+. The number of hydrogen-bond donors (Lipinski definition) is 3. The molecule has 0 fully saturated rings. The van der Waals surface area contributed by atoms with E-state index in [-0.39, 0.29) is 11.6 Å². The highest BCUT2D eigenvalue weighted by Gasteiger charge is 2.04. The molecule has 0 saturated heterocycles. The van der Waals surface area contributed by atoms with E-state index in [4.69, 9.17) is 4.42 Å². The molecule has 4 rings (SSSR count). The average molecular weight is 320 g/mol. The molecule has 0 atom stereocenters. The van der Waals surface area contributed by atoms with E-state index in [0.29, 0.717) is 28.2 Å². The number of oxazole rings is 1. The Kier molecular flexibility index (Phi) is 3.24. The molecule has 24 heavy (non-hydrogen) atoms. The van der Waals surface area contributed by atoms with Crippen molar-refractivity contribution in [2.75, 3.05) is 5.32 Å². The van der Waals surface area contributed by atoms with E-state index in [9.17, 15) is 9.59 Å². The minimum atomic E-state index is -0.325. The molecule has 0 aliphatic heterocycles. The number of nitrogens with one attached hydrogen (secondary N) is 3. The van der Waals surface area contributed by atoms with Crippen LogP contribution in [0.1, 0.15) is 5.89 Å². The van der Waals surface area contributed by atoms with Gasteiger partial charge in [0.1, 0.15) is 5.52 Å². The highest BCUT2D eigenvalue weighted by atomic mass is 16.3. The molecular formula is C17H12N4O3. The second kappa shape index (κ2) is 5.54. The summed E-state index contributed by atoms with van der Waals surface area (Å²) in [4.78, 5) is 32.8. The molecule has 3 N–H and O–H groups in total. The molecule has 7 heteroatoms. The molecule has 0 aliphatic rings. The summed E-state index contributed by atoms with van der Waals surface area (Å²) in [5.74, 6) is 0.0336. The highest BCUT2D eigenvalue weighted by Crippen LogP contribution is 2.16. The van der Waals surface area contributed by atoms with Crippen LogP contribution in [0.15, 0.2) is 57.8 Å². The Morgan fingerprint density at radius 2 is 1.96 bits per heavy atom. The first kappa shape index (κ1) is 14.0. The lowest BCUT2D eigenvalue weighted by molar-refractivity contribution is -0.111. The molecule has 2 aromatic carbocycles. The Labute approximate surface area is 135 Å². The molecule has 0 spiro atoms. The molecule has 7 nitrogen and oxygen atoms in total. The number of aromatic nitrogens is 3. The summed E-state index contributed by atoms with van der Waals surface area (Å²) in [6.07, 6.45) is 2.85. The predicted octanol–water partition coefficient (Wildman–Crippen LogP) is 2.65. The van der Waals surface area contributed by atoms with Gasteiger partial charge in [-0.25, -0.2) is 9.78 Å². The van der Waals surface area contributed by atoms with Crippen molar-refractivity contribution in [3.05, 3.63) is 64.9 Å². The van der Waals surface area contributed by atoms with Crippen LogP contribution in [0.3, 0.4) is 0 Å². The van der Waals surface area contributed by atoms with Gasteiger partial charge < -0.3 is 19.7 Å². The van der Waals surface area contributed by atoms with Crippen LogP contribution >= 0.6 is 0 Å². The first-order valence-corrected chi connectivity index (χ1v) is 7.24. The number of carbonyl (C=O) groups excluding carboxylic acids is 1. The lowest BCUT2D eigenvalue weighted by atomic mass is 10.2. The second-order valence-corrected chi connectivity index (χ2v) is 5.18. The largest absolute Gasteiger partial charge is 0.437 e. The van der Waals surface area contributed by atoms with Gasteiger partial charge in [0.15, 0.2) is 5.58 Å². The number of fused-ring (bicyclic) bond motifs is 2. The number of benzene rings is 2. The maximum atomic E-state index is 12.0. The van der Waals surface area contributed by atoms with E-state index < -0.39 is 0 Å². The fraction of sp³-hybridized carbons (Fsp3) is 0. The van der Waals surface area contributed by atoms with Gasteiger partial charge in [-0.3, -0.25) is 4.79 Å². The lowest BCUT2D eigenvalue weighted by Crippen LogP contribution is -2.07. The maximum absolute atomic E-state index is 12.0. The van der Waals surface area contributed by atoms with Crippen LogP contribution in [-0.2, 0) is 4.79 Å². The summed E-state index contributed by atoms with van der Waals surface area (Å²) >= 11 is 0. The molecule has 0 aliphatic carbocycles. The van der Waals surface area contributed by atoms with Gasteiger partial charge >= 0.3 is 5.69 Å². The number of para-hydroxylation sites is 2. The van der Waals surface area contributed by atoms with Gasteiger partial charge in [0.2, 0.25) is 11.8 Å². The number of H-pyrrole nitrogens is 2. The fourth-order valence-corrected chi connectivity index (χ4v) is 2.40. The molecule has 2 aromatic heterocycles. The smallest absolute Gasteiger partial charge is 0.323 e. The predicted molar refractivity (Wildman–Crippen MR) is 90.6 cm³/mol. The number of anilines is 1. The van der Waals surface area contributed by atoms with Gasteiger partial charge in [-0.2, -0.15) is 0 Å². The maximum Gasteiger partial charge on any atom is 0.323 e. The van der Waals surface area contributed by atoms with Crippen molar-refractivity contribution in [1.29, 1.82) is 0 Å². The Morgan fingerprint density at radius 1 is 1.12 bits per heavy atom. The average Bonchev–Trinajstić information content (AvgIpc) is 3.14. The number of imidazole rings is 1. The summed E-state index contributed by atoms with van der Waals surface area (Å²) in [5.41, 5.74) is 2.99. The fourth-order valence-electron chi connectivity index (χ4n) is 2.40. The molecule has 0 saturated carbocycles. The van der Waals surface area contributed by atoms with Gasteiger partial charge in [0.25, 0.3) is 0 Å². The van der Waals surface area contributed by atoms with E-state index in [0.717, 1.165) is 5.52 Å². The third-order valence-electron chi connectivity index (χ3n) is 3.47. The Morgan fingerprint density at radius 3 is 2.83 bits per heavy atom. The number of carbonyl (C=O) groups is 1. The van der Waals surface area contributed by atoms with E-state index in [1.807, 2.05) is 24.3 Å². The molecular weight excluding hydrogens is 308 g/mol. The topological polar surface area (TPSA) is 104 Å². The summed E-state index contributed by atoms with van der Waals surface area (Å²) in [5, 5.41) is 2.72. The summed E-state index contributed by atoms with van der Waals surface area (Å²) in [7, 11) is 0. The van der Waals surface area contributed by atoms with Gasteiger partial charge in [-0.1, -0.05) is 12.1 Å². The summed E-state index contributed by atoms with van der Waals surface area (Å²) < 4.78 is 5.51. The number of aromatic amines is 2. The van der Waals surface area contributed by atoms with Gasteiger partial charge in [0, 0.05) is 17.8 Å². The third kappa shape index (κ3) is 2.70. The third-order valence-corrected chi connectivity index (χ3v) is 3.47. The Balaban J connectivity index is 1.51. The van der Waals surface area contributed by atoms with Crippen LogP contribution in [0.2, 0.25) is 0 Å². The minimum absolute atomic E-state index is 0.288. The van der Waals surface area contributed by atoms with Crippen molar-refractivity contribution in [3.8, 4) is 0 Å². The molecule has 0 radical (unpaired) electrons. The molecule has 2 heterocycles. The van der Waals surface area contributed by atoms with Crippen LogP contribution < -0.4 is 11.0 Å². The normalized spacial score (nSPS) is 11.5. The summed E-state index contributed by atoms with van der Waals surface area (Å²) in [6, 6.07) is 12.5. The van der Waals surface area contributed by atoms with Crippen molar-refractivity contribution in [2.24, 2.45) is 0 Å². The zero-order chi connectivity index (χ0) is 16.5. The van der Waals surface area contributed by atoms with Gasteiger partial charge in [-0.05, 0) is 30.3 Å². The van der Waals surface area contributed by atoms with E-state index >= 15 is 0 Å². The van der Waals surface area contributed by atoms with Crippen LogP contribution in [0, 0.1) is 0 Å². The zero-order valence-corrected chi connectivity index (χ0v) is 12.4. The second-order valence-electron chi connectivity index (χ2n) is 5.18. The number of amides is 1. The first-order chi connectivity index (χ1) is 11.7. The molecule has 4 aromatic rings. The van der Waals surface area contributed by atoms with Crippen LogP contribution in [0.4, 0.5) is 5.69 Å². The van der Waals surface area contributed by atoms with Crippen molar-refractivity contribution in [3.63, 3.8) is 0 Å². The van der Waals surface area contributed by atoms with Crippen molar-refractivity contribution >= 4 is 39.8 Å². The molecule has 118 valence electrons. The quantitative estimate of drug-likeness (QED) is 0.505. The number of nitrogens with zero attached hydrogens (tertiary/aromatic N) is 1. The van der Waals surface area contributed by atoms with Gasteiger partial charge in [0.05, 0.1) is 11.0 Å². The number of rotatable bonds is 3. The van der Waals surface area contributed by atoms with E-state index in [1.165, 1.54) is 12.2 Å². The van der Waals surface area contributed by atoms with E-state index in [2.05, 4.69) is 20.3 Å². The molecule has 1 amide bonds. The number of hydrogen-bond acceptors (Lipinski definition) is 4. The molecule has 0 unspecified atom stereocenters. The zero-order valence-electron chi connectivity index (χ0n) is 12.4. The monoisotopic (exact) mass is 320 g/mol. The summed E-state index contributed by atoms with van der Waals surface area (Å²) in [6.45, 7) is 0. The SMILES string of the molecule is O=C(/C=C/c1nc2ccccc2o1)Nc1ccc2[nH]c(=O)[nH]c2c1. The lowest BCUT2D eigenvalue weighted by Gasteiger charge is -2.01. The van der Waals surface area contributed by atoms with Crippen LogP contribution in [-0.4, -0.2) is 20.9 Å². The Bertz CT molecular complexity index is 1100. The van der Waals surface area contributed by atoms with Crippen molar-refractivity contribution in [1.82, 2.24) is 15.0 Å².